The molecule has 0 fully saturated rings. The van der Waals surface area contributed by atoms with Crippen molar-refractivity contribution in [1.82, 2.24) is 4.90 Å². The van der Waals surface area contributed by atoms with Crippen LogP contribution in [0.2, 0.25) is 0 Å². The van der Waals surface area contributed by atoms with Crippen LogP contribution in [0.25, 0.3) is 0 Å². The van der Waals surface area contributed by atoms with Gasteiger partial charge in [0, 0.05) is 16.8 Å². The van der Waals surface area contributed by atoms with Gasteiger partial charge >= 0.3 is 0 Å². The number of carbonyl (C=O) groups excluding carboxylic acids is 1. The minimum absolute atomic E-state index is 0.0433. The van der Waals surface area contributed by atoms with Gasteiger partial charge in [-0.3, -0.25) is 14.7 Å². The summed E-state index contributed by atoms with van der Waals surface area (Å²) in [7, 11) is 3.19. The Kier molecular flexibility index (Phi) is 6.79. The molecule has 27 heavy (non-hydrogen) atoms. The van der Waals surface area contributed by atoms with E-state index in [0.717, 1.165) is 21.0 Å². The molecule has 0 atom stereocenters. The van der Waals surface area contributed by atoms with Crippen LogP contribution in [0.1, 0.15) is 11.1 Å². The summed E-state index contributed by atoms with van der Waals surface area (Å²) in [6.07, 6.45) is 0.304. The third-order valence-electron chi connectivity index (χ3n) is 4.19. The van der Waals surface area contributed by atoms with E-state index in [1.165, 1.54) is 5.56 Å². The van der Waals surface area contributed by atoms with Crippen molar-refractivity contribution in [3.63, 3.8) is 0 Å². The molecular formula is C20H21BrN2O3S. The predicted octanol–water partition coefficient (Wildman–Crippen LogP) is 4.14. The fraction of sp³-hybridized carbons (Fsp3) is 0.300. The zero-order valence-electron chi connectivity index (χ0n) is 15.3. The monoisotopic (exact) mass is 448 g/mol. The average Bonchev–Trinajstić information content (AvgIpc) is 3.16. The molecule has 1 amide bonds. The molecule has 0 aliphatic carbocycles. The summed E-state index contributed by atoms with van der Waals surface area (Å²) >= 11 is 5.04. The molecule has 1 aliphatic heterocycles. The van der Waals surface area contributed by atoms with Crippen molar-refractivity contribution in [3.8, 4) is 11.5 Å². The average molecular weight is 449 g/mol. The Balaban J connectivity index is 1.62. The Morgan fingerprint density at radius 2 is 1.81 bits per heavy atom. The number of nitrogens with zero attached hydrogens (tertiary/aromatic N) is 2. The molecule has 0 saturated carbocycles. The summed E-state index contributed by atoms with van der Waals surface area (Å²) in [6, 6.07) is 13.7. The molecule has 3 rings (SSSR count). The third-order valence-corrected chi connectivity index (χ3v) is 5.80. The first-order valence-corrected chi connectivity index (χ1v) is 10.3. The molecule has 0 spiro atoms. The van der Waals surface area contributed by atoms with E-state index >= 15 is 0 Å². The van der Waals surface area contributed by atoms with Gasteiger partial charge in [0.1, 0.15) is 0 Å². The normalized spacial score (nSPS) is 13.4. The highest BCUT2D eigenvalue weighted by molar-refractivity contribution is 9.10. The second kappa shape index (κ2) is 9.28. The van der Waals surface area contributed by atoms with Gasteiger partial charge in [-0.1, -0.05) is 45.9 Å². The van der Waals surface area contributed by atoms with Gasteiger partial charge in [0.2, 0.25) is 5.91 Å². The van der Waals surface area contributed by atoms with E-state index in [4.69, 9.17) is 9.47 Å². The SMILES string of the molecule is COc1ccc(CC(=O)N2CCN=C2SCc2ccc(Br)cc2)cc1OC. The lowest BCUT2D eigenvalue weighted by Crippen LogP contribution is -2.34. The third kappa shape index (κ3) is 5.05. The Bertz CT molecular complexity index is 840. The maximum Gasteiger partial charge on any atom is 0.233 e. The fourth-order valence-corrected chi connectivity index (χ4v) is 4.05. The molecule has 7 heteroatoms. The molecule has 1 heterocycles. The Morgan fingerprint density at radius 1 is 1.11 bits per heavy atom. The standard InChI is InChI=1S/C20H21BrN2O3S/c1-25-17-8-5-15(11-18(17)26-2)12-19(24)23-10-9-22-20(23)27-13-14-3-6-16(21)7-4-14/h3-8,11H,9-10,12-13H2,1-2H3. The molecule has 2 aromatic carbocycles. The molecule has 0 radical (unpaired) electrons. The van der Waals surface area contributed by atoms with E-state index in [1.807, 2.05) is 30.3 Å². The largest absolute Gasteiger partial charge is 0.493 e. The molecular weight excluding hydrogens is 428 g/mol. The summed E-state index contributed by atoms with van der Waals surface area (Å²) in [5, 5.41) is 0.795. The van der Waals surface area contributed by atoms with Crippen LogP contribution in [-0.2, 0) is 17.0 Å². The van der Waals surface area contributed by atoms with Gasteiger partial charge in [-0.25, -0.2) is 0 Å². The molecule has 0 saturated heterocycles. The molecule has 2 aromatic rings. The Morgan fingerprint density at radius 3 is 2.52 bits per heavy atom. The molecule has 0 N–H and O–H groups in total. The maximum absolute atomic E-state index is 12.8. The highest BCUT2D eigenvalue weighted by Crippen LogP contribution is 2.28. The van der Waals surface area contributed by atoms with Gasteiger partial charge in [0.15, 0.2) is 16.7 Å². The predicted molar refractivity (Wildman–Crippen MR) is 113 cm³/mol. The van der Waals surface area contributed by atoms with Gasteiger partial charge in [0.05, 0.1) is 27.2 Å². The highest BCUT2D eigenvalue weighted by Gasteiger charge is 2.24. The van der Waals surface area contributed by atoms with E-state index < -0.39 is 0 Å². The second-order valence-corrected chi connectivity index (χ2v) is 7.85. The number of benzene rings is 2. The number of aliphatic imine (C=N–C) groups is 1. The number of carbonyl (C=O) groups is 1. The van der Waals surface area contributed by atoms with Crippen LogP contribution in [0.15, 0.2) is 51.9 Å². The smallest absolute Gasteiger partial charge is 0.233 e. The summed E-state index contributed by atoms with van der Waals surface area (Å²) in [5.41, 5.74) is 2.09. The zero-order chi connectivity index (χ0) is 19.2. The minimum Gasteiger partial charge on any atom is -0.493 e. The number of amides is 1. The Hall–Kier alpha value is -1.99. The second-order valence-electron chi connectivity index (χ2n) is 5.99. The van der Waals surface area contributed by atoms with Crippen LogP contribution in [-0.4, -0.2) is 43.3 Å². The molecule has 1 aliphatic rings. The van der Waals surface area contributed by atoms with Gasteiger partial charge in [-0.05, 0) is 35.4 Å². The van der Waals surface area contributed by atoms with Crippen LogP contribution in [0.3, 0.4) is 0 Å². The fourth-order valence-electron chi connectivity index (χ4n) is 2.77. The first kappa shape index (κ1) is 19.8. The van der Waals surface area contributed by atoms with Crippen LogP contribution in [0.4, 0.5) is 0 Å². The van der Waals surface area contributed by atoms with Crippen molar-refractivity contribution < 1.29 is 14.3 Å². The molecule has 0 bridgehead atoms. The lowest BCUT2D eigenvalue weighted by molar-refractivity contribution is -0.126. The number of halogens is 1. The highest BCUT2D eigenvalue weighted by atomic mass is 79.9. The number of hydrogen-bond donors (Lipinski definition) is 0. The first-order chi connectivity index (χ1) is 13.1. The number of methoxy groups -OCH3 is 2. The van der Waals surface area contributed by atoms with E-state index in [9.17, 15) is 4.79 Å². The van der Waals surface area contributed by atoms with E-state index in [2.05, 4.69) is 33.1 Å². The van der Waals surface area contributed by atoms with Crippen molar-refractivity contribution in [2.45, 2.75) is 12.2 Å². The summed E-state index contributed by atoms with van der Waals surface area (Å²) < 4.78 is 11.6. The van der Waals surface area contributed by atoms with Gasteiger partial charge in [0.25, 0.3) is 0 Å². The van der Waals surface area contributed by atoms with Crippen molar-refractivity contribution in [2.24, 2.45) is 4.99 Å². The summed E-state index contributed by atoms with van der Waals surface area (Å²) in [6.45, 7) is 1.29. The van der Waals surface area contributed by atoms with Crippen molar-refractivity contribution in [3.05, 3.63) is 58.1 Å². The van der Waals surface area contributed by atoms with E-state index in [0.29, 0.717) is 31.0 Å². The van der Waals surface area contributed by atoms with Gasteiger partial charge in [-0.2, -0.15) is 0 Å². The van der Waals surface area contributed by atoms with Crippen molar-refractivity contribution in [1.29, 1.82) is 0 Å². The number of ether oxygens (including phenoxy) is 2. The topological polar surface area (TPSA) is 51.1 Å². The maximum atomic E-state index is 12.8. The minimum atomic E-state index is 0.0433. The lowest BCUT2D eigenvalue weighted by Gasteiger charge is -2.18. The number of thioether (sulfide) groups is 1. The molecule has 0 aromatic heterocycles. The van der Waals surface area contributed by atoms with Gasteiger partial charge in [-0.15, -0.1) is 0 Å². The van der Waals surface area contributed by atoms with Gasteiger partial charge < -0.3 is 9.47 Å². The van der Waals surface area contributed by atoms with Crippen LogP contribution < -0.4 is 9.47 Å². The summed E-state index contributed by atoms with van der Waals surface area (Å²) in [4.78, 5) is 19.1. The lowest BCUT2D eigenvalue weighted by atomic mass is 10.1. The van der Waals surface area contributed by atoms with E-state index in [-0.39, 0.29) is 5.91 Å². The van der Waals surface area contributed by atoms with E-state index in [1.54, 1.807) is 30.9 Å². The first-order valence-electron chi connectivity index (χ1n) is 8.53. The Labute approximate surface area is 171 Å². The van der Waals surface area contributed by atoms with Crippen LogP contribution in [0, 0.1) is 0 Å². The number of rotatable bonds is 6. The molecule has 142 valence electrons. The van der Waals surface area contributed by atoms with Crippen LogP contribution >= 0.6 is 27.7 Å². The number of amidine groups is 1. The number of hydrogen-bond acceptors (Lipinski definition) is 5. The zero-order valence-corrected chi connectivity index (χ0v) is 17.7. The molecule has 0 unspecified atom stereocenters. The molecule has 5 nitrogen and oxygen atoms in total. The quantitative estimate of drug-likeness (QED) is 0.665. The van der Waals surface area contributed by atoms with Crippen molar-refractivity contribution in [2.75, 3.05) is 27.3 Å². The van der Waals surface area contributed by atoms with Crippen LogP contribution in [0.5, 0.6) is 11.5 Å². The van der Waals surface area contributed by atoms with Crippen molar-refractivity contribution >= 4 is 38.8 Å². The summed E-state index contributed by atoms with van der Waals surface area (Å²) in [5.74, 6) is 2.11.